The highest BCUT2D eigenvalue weighted by Crippen LogP contribution is 2.33. The maximum Gasteiger partial charge on any atom is 0.349 e. The van der Waals surface area contributed by atoms with Gasteiger partial charge in [-0.3, -0.25) is 0 Å². The highest BCUT2D eigenvalue weighted by Gasteiger charge is 2.34. The number of esters is 1. The molecule has 0 aliphatic carbocycles. The van der Waals surface area contributed by atoms with Crippen molar-refractivity contribution < 1.29 is 31.5 Å². The van der Waals surface area contributed by atoms with Gasteiger partial charge in [0.05, 0.1) is 11.8 Å². The molecule has 1 aromatic carbocycles. The summed E-state index contributed by atoms with van der Waals surface area (Å²) in [5, 5.41) is 1.74. The van der Waals surface area contributed by atoms with E-state index in [1.165, 1.54) is 28.9 Å². The Morgan fingerprint density at radius 2 is 2.00 bits per heavy atom. The van der Waals surface area contributed by atoms with Gasteiger partial charge in [0.25, 0.3) is 5.19 Å². The average molecular weight is 475 g/mol. The van der Waals surface area contributed by atoms with E-state index in [9.17, 15) is 22.0 Å². The summed E-state index contributed by atoms with van der Waals surface area (Å²) in [6, 6.07) is 3.35. The number of piperidine rings is 1. The van der Waals surface area contributed by atoms with Crippen LogP contribution in [0.3, 0.4) is 0 Å². The lowest BCUT2D eigenvalue weighted by molar-refractivity contribution is 0.0602. The third-order valence-electron chi connectivity index (χ3n) is 4.68. The van der Waals surface area contributed by atoms with Crippen molar-refractivity contribution >= 4 is 48.9 Å². The number of aromatic nitrogens is 1. The Morgan fingerprint density at radius 1 is 1.27 bits per heavy atom. The average Bonchev–Trinajstić information content (AvgIpc) is 3.35. The van der Waals surface area contributed by atoms with Crippen LogP contribution < -0.4 is 4.74 Å². The number of halogens is 2. The molecule has 160 valence electrons. The topological polar surface area (TPSA) is 85.8 Å². The summed E-state index contributed by atoms with van der Waals surface area (Å²) in [5.41, 5.74) is 0.0456. The van der Waals surface area contributed by atoms with Crippen molar-refractivity contribution in [2.45, 2.75) is 23.8 Å². The number of hydrogen-bond acceptors (Lipinski definition) is 8. The first-order valence-corrected chi connectivity index (χ1v) is 12.0. The van der Waals surface area contributed by atoms with Crippen LogP contribution in [0.2, 0.25) is 0 Å². The van der Waals surface area contributed by atoms with Crippen LogP contribution in [-0.2, 0) is 14.8 Å². The minimum Gasteiger partial charge on any atom is -0.467 e. The molecule has 7 nitrogen and oxygen atoms in total. The van der Waals surface area contributed by atoms with Gasteiger partial charge in [0.1, 0.15) is 27.2 Å². The molecule has 1 aliphatic heterocycles. The first kappa shape index (κ1) is 21.1. The Morgan fingerprint density at radius 3 is 2.70 bits per heavy atom. The number of ether oxygens (including phenoxy) is 2. The molecule has 30 heavy (non-hydrogen) atoms. The Labute approximate surface area is 178 Å². The van der Waals surface area contributed by atoms with Gasteiger partial charge in [-0.1, -0.05) is 11.3 Å². The number of carbonyl (C=O) groups is 1. The van der Waals surface area contributed by atoms with E-state index in [-0.39, 0.29) is 39.7 Å². The predicted molar refractivity (Wildman–Crippen MR) is 108 cm³/mol. The number of carbonyl (C=O) groups excluding carboxylic acids is 1. The standard InChI is InChI=1S/C18H16F2N2O5S3/c1-26-17(23)16-14(4-7-28-16)30(24,25)22-5-2-11(3-6-22)27-18-21-15-12(20)8-10(19)9-13(15)29-18/h4,7-9,11H,2-3,5-6H2,1H3. The van der Waals surface area contributed by atoms with E-state index in [4.69, 9.17) is 4.74 Å². The molecule has 0 radical (unpaired) electrons. The first-order valence-electron chi connectivity index (χ1n) is 8.88. The largest absolute Gasteiger partial charge is 0.467 e. The van der Waals surface area contributed by atoms with Gasteiger partial charge in [-0.15, -0.1) is 11.3 Å². The molecule has 1 fully saturated rings. The third kappa shape index (κ3) is 3.92. The van der Waals surface area contributed by atoms with Crippen molar-refractivity contribution in [3.8, 4) is 5.19 Å². The Hall–Kier alpha value is -2.15. The summed E-state index contributed by atoms with van der Waals surface area (Å²) in [7, 11) is -2.65. The molecule has 2 aromatic heterocycles. The van der Waals surface area contributed by atoms with Crippen molar-refractivity contribution in [3.63, 3.8) is 0 Å². The predicted octanol–water partition coefficient (Wildman–Crippen LogP) is 3.65. The smallest absolute Gasteiger partial charge is 0.349 e. The highest BCUT2D eigenvalue weighted by molar-refractivity contribution is 7.89. The fraction of sp³-hybridized carbons (Fsp3) is 0.333. The maximum atomic E-state index is 13.8. The van der Waals surface area contributed by atoms with E-state index in [0.29, 0.717) is 17.5 Å². The molecule has 1 saturated heterocycles. The lowest BCUT2D eigenvalue weighted by atomic mass is 10.1. The van der Waals surface area contributed by atoms with Crippen LogP contribution in [-0.4, -0.2) is 50.0 Å². The molecule has 4 rings (SSSR count). The quantitative estimate of drug-likeness (QED) is 0.525. The number of rotatable bonds is 5. The number of nitrogens with zero attached hydrogens (tertiary/aromatic N) is 2. The van der Waals surface area contributed by atoms with Gasteiger partial charge in [0.15, 0.2) is 5.82 Å². The monoisotopic (exact) mass is 474 g/mol. The van der Waals surface area contributed by atoms with Crippen molar-refractivity contribution in [3.05, 3.63) is 40.1 Å². The number of hydrogen-bond donors (Lipinski definition) is 0. The second kappa shape index (κ2) is 8.17. The second-order valence-electron chi connectivity index (χ2n) is 6.54. The van der Waals surface area contributed by atoms with Crippen LogP contribution in [0.5, 0.6) is 5.19 Å². The van der Waals surface area contributed by atoms with E-state index in [2.05, 4.69) is 9.72 Å². The molecule has 3 aromatic rings. The zero-order chi connectivity index (χ0) is 21.5. The fourth-order valence-electron chi connectivity index (χ4n) is 3.20. The first-order chi connectivity index (χ1) is 14.3. The zero-order valence-electron chi connectivity index (χ0n) is 15.6. The van der Waals surface area contributed by atoms with Crippen LogP contribution in [0, 0.1) is 11.6 Å². The van der Waals surface area contributed by atoms with Gasteiger partial charge in [-0.05, 0) is 30.4 Å². The summed E-state index contributed by atoms with van der Waals surface area (Å²) in [4.78, 5) is 15.9. The molecule has 0 N–H and O–H groups in total. The van der Waals surface area contributed by atoms with Gasteiger partial charge in [-0.25, -0.2) is 22.0 Å². The third-order valence-corrected chi connectivity index (χ3v) is 8.54. The van der Waals surface area contributed by atoms with Gasteiger partial charge in [-0.2, -0.15) is 9.29 Å². The minimum absolute atomic E-state index is 0.0413. The van der Waals surface area contributed by atoms with Crippen molar-refractivity contribution in [2.75, 3.05) is 20.2 Å². The minimum atomic E-state index is -3.85. The fourth-order valence-corrected chi connectivity index (χ4v) is 6.90. The highest BCUT2D eigenvalue weighted by atomic mass is 32.2. The van der Waals surface area contributed by atoms with Crippen molar-refractivity contribution in [1.82, 2.24) is 9.29 Å². The maximum absolute atomic E-state index is 13.8. The Balaban J connectivity index is 1.45. The number of thiazole rings is 1. The van der Waals surface area contributed by atoms with E-state index >= 15 is 0 Å². The molecule has 0 spiro atoms. The summed E-state index contributed by atoms with van der Waals surface area (Å²) in [5.74, 6) is -2.14. The molecule has 12 heteroatoms. The van der Waals surface area contributed by atoms with E-state index in [1.807, 2.05) is 0 Å². The number of thiophene rings is 1. The van der Waals surface area contributed by atoms with Gasteiger partial charge in [0.2, 0.25) is 10.0 Å². The number of fused-ring (bicyclic) bond motifs is 1. The summed E-state index contributed by atoms with van der Waals surface area (Å²) >= 11 is 2.05. The SMILES string of the molecule is COC(=O)c1sccc1S(=O)(=O)N1CCC(Oc2nc3c(F)cc(F)cc3s2)CC1. The van der Waals surface area contributed by atoms with Crippen LogP contribution in [0.1, 0.15) is 22.5 Å². The molecule has 0 unspecified atom stereocenters. The van der Waals surface area contributed by atoms with Crippen LogP contribution >= 0.6 is 22.7 Å². The van der Waals surface area contributed by atoms with Crippen LogP contribution in [0.4, 0.5) is 8.78 Å². The Bertz CT molecular complexity index is 1200. The second-order valence-corrected chi connectivity index (χ2v) is 10.4. The van der Waals surface area contributed by atoms with E-state index in [1.54, 1.807) is 0 Å². The number of methoxy groups -OCH3 is 1. The lowest BCUT2D eigenvalue weighted by Crippen LogP contribution is -2.41. The van der Waals surface area contributed by atoms with Crippen LogP contribution in [0.25, 0.3) is 10.2 Å². The molecule has 0 atom stereocenters. The number of sulfonamides is 1. The summed E-state index contributed by atoms with van der Waals surface area (Å²) < 4.78 is 65.1. The molecule has 1 aliphatic rings. The molecular formula is C18H16F2N2O5S3. The van der Waals surface area contributed by atoms with E-state index in [0.717, 1.165) is 28.7 Å². The van der Waals surface area contributed by atoms with Gasteiger partial charge < -0.3 is 9.47 Å². The van der Waals surface area contributed by atoms with Crippen molar-refractivity contribution in [2.24, 2.45) is 0 Å². The molecule has 0 bridgehead atoms. The van der Waals surface area contributed by atoms with Crippen molar-refractivity contribution in [1.29, 1.82) is 0 Å². The summed E-state index contributed by atoms with van der Waals surface area (Å²) in [6.07, 6.45) is 0.473. The van der Waals surface area contributed by atoms with Gasteiger partial charge in [0, 0.05) is 19.2 Å². The molecule has 3 heterocycles. The zero-order valence-corrected chi connectivity index (χ0v) is 18.1. The lowest BCUT2D eigenvalue weighted by Gasteiger charge is -2.30. The number of benzene rings is 1. The molecule has 0 amide bonds. The van der Waals surface area contributed by atoms with Gasteiger partial charge >= 0.3 is 5.97 Å². The summed E-state index contributed by atoms with van der Waals surface area (Å²) in [6.45, 7) is 0.384. The normalized spacial score (nSPS) is 16.1. The van der Waals surface area contributed by atoms with E-state index < -0.39 is 27.6 Å². The molecule has 0 saturated carbocycles. The Kier molecular flexibility index (Phi) is 5.75. The van der Waals surface area contributed by atoms with Crippen LogP contribution in [0.15, 0.2) is 28.5 Å². The molecular weight excluding hydrogens is 458 g/mol.